The minimum Gasteiger partial charge on any atom is -0.476 e. The van der Waals surface area contributed by atoms with Crippen molar-refractivity contribution in [2.45, 2.75) is 32.9 Å². The molecule has 0 saturated heterocycles. The summed E-state index contributed by atoms with van der Waals surface area (Å²) >= 11 is 0. The van der Waals surface area contributed by atoms with E-state index in [1.165, 1.54) is 10.9 Å². The Balaban J connectivity index is 2.37. The molecule has 0 aromatic carbocycles. The second kappa shape index (κ2) is 6.72. The van der Waals surface area contributed by atoms with Crippen LogP contribution in [0.3, 0.4) is 0 Å². The maximum Gasteiger partial charge on any atom is 0.358 e. The summed E-state index contributed by atoms with van der Waals surface area (Å²) in [7, 11) is 1.74. The van der Waals surface area contributed by atoms with Gasteiger partial charge in [-0.15, -0.1) is 5.10 Å². The van der Waals surface area contributed by atoms with Crippen LogP contribution in [-0.2, 0) is 6.54 Å². The van der Waals surface area contributed by atoms with Gasteiger partial charge in [-0.2, -0.15) is 0 Å². The van der Waals surface area contributed by atoms with E-state index in [0.717, 1.165) is 6.42 Å². The molecule has 8 nitrogen and oxygen atoms in total. The second-order valence-electron chi connectivity index (χ2n) is 4.27. The lowest BCUT2D eigenvalue weighted by Crippen LogP contribution is -2.43. The Morgan fingerprint density at radius 2 is 2.26 bits per heavy atom. The molecule has 1 atom stereocenters. The smallest absolute Gasteiger partial charge is 0.358 e. The van der Waals surface area contributed by atoms with Crippen LogP contribution in [0, 0.1) is 0 Å². The Kier molecular flexibility index (Phi) is 5.28. The second-order valence-corrected chi connectivity index (χ2v) is 4.27. The normalized spacial score (nSPS) is 11.9. The minimum atomic E-state index is -1.12. The molecule has 1 heterocycles. The van der Waals surface area contributed by atoms with E-state index in [9.17, 15) is 9.59 Å². The topological polar surface area (TPSA) is 100 Å². The van der Waals surface area contributed by atoms with Gasteiger partial charge in [0.25, 0.3) is 0 Å². The van der Waals surface area contributed by atoms with E-state index in [4.69, 9.17) is 5.11 Å². The lowest BCUT2D eigenvalue weighted by Gasteiger charge is -2.24. The summed E-state index contributed by atoms with van der Waals surface area (Å²) in [6, 6.07) is 0.0120. The van der Waals surface area contributed by atoms with Gasteiger partial charge in [0.1, 0.15) is 0 Å². The van der Waals surface area contributed by atoms with Crippen molar-refractivity contribution in [3.8, 4) is 0 Å². The van der Waals surface area contributed by atoms with Crippen LogP contribution in [0.1, 0.15) is 30.8 Å². The molecule has 0 aliphatic carbocycles. The monoisotopic (exact) mass is 269 g/mol. The van der Waals surface area contributed by atoms with Gasteiger partial charge in [-0.25, -0.2) is 14.3 Å². The molecule has 0 aliphatic rings. The Bertz CT molecular complexity index is 445. The van der Waals surface area contributed by atoms with Gasteiger partial charge in [0.05, 0.1) is 12.7 Å². The number of rotatable bonds is 6. The molecular weight excluding hydrogens is 250 g/mol. The number of nitrogens with zero attached hydrogens (tertiary/aromatic N) is 4. The highest BCUT2D eigenvalue weighted by Crippen LogP contribution is 1.99. The fourth-order valence-electron chi connectivity index (χ4n) is 1.38. The summed E-state index contributed by atoms with van der Waals surface area (Å²) in [6.07, 6.45) is 2.21. The summed E-state index contributed by atoms with van der Waals surface area (Å²) in [5.41, 5.74) is -0.108. The van der Waals surface area contributed by atoms with Crippen molar-refractivity contribution >= 4 is 12.0 Å². The molecule has 1 unspecified atom stereocenters. The molecule has 106 valence electrons. The quantitative estimate of drug-likeness (QED) is 0.779. The summed E-state index contributed by atoms with van der Waals surface area (Å²) < 4.78 is 1.38. The largest absolute Gasteiger partial charge is 0.476 e. The van der Waals surface area contributed by atoms with E-state index in [1.54, 1.807) is 11.9 Å². The van der Waals surface area contributed by atoms with Crippen LogP contribution in [0.25, 0.3) is 0 Å². The van der Waals surface area contributed by atoms with Crippen molar-refractivity contribution in [2.75, 3.05) is 13.6 Å². The molecule has 1 aromatic heterocycles. The molecule has 2 N–H and O–H groups in total. The van der Waals surface area contributed by atoms with Crippen LogP contribution in [-0.4, -0.2) is 56.6 Å². The van der Waals surface area contributed by atoms with Crippen molar-refractivity contribution in [2.24, 2.45) is 0 Å². The number of aromatic carboxylic acids is 1. The van der Waals surface area contributed by atoms with Gasteiger partial charge >= 0.3 is 12.0 Å². The minimum absolute atomic E-state index is 0.108. The van der Waals surface area contributed by atoms with Gasteiger partial charge in [0, 0.05) is 19.6 Å². The summed E-state index contributed by atoms with van der Waals surface area (Å²) in [4.78, 5) is 24.0. The molecule has 0 aliphatic heterocycles. The number of hydrogen-bond donors (Lipinski definition) is 2. The number of nitrogens with one attached hydrogen (secondary N) is 1. The van der Waals surface area contributed by atoms with Gasteiger partial charge < -0.3 is 15.3 Å². The van der Waals surface area contributed by atoms with E-state index in [-0.39, 0.29) is 17.8 Å². The SMILES string of the molecule is CCC(C)N(C)C(=O)NCCn1cc(C(=O)O)nn1. The molecule has 1 rings (SSSR count). The standard InChI is InChI=1S/C11H19N5O3/c1-4-8(2)15(3)11(19)12-5-6-16-7-9(10(17)18)13-14-16/h7-8H,4-6H2,1-3H3,(H,12,19)(H,17,18). The molecule has 19 heavy (non-hydrogen) atoms. The predicted octanol–water partition coefficient (Wildman–Crippen LogP) is 0.416. The first-order valence-corrected chi connectivity index (χ1v) is 6.09. The van der Waals surface area contributed by atoms with E-state index in [2.05, 4.69) is 15.6 Å². The zero-order valence-corrected chi connectivity index (χ0v) is 11.3. The number of hydrogen-bond acceptors (Lipinski definition) is 4. The Morgan fingerprint density at radius 1 is 1.58 bits per heavy atom. The third-order valence-electron chi connectivity index (χ3n) is 2.95. The molecular formula is C11H19N5O3. The maximum atomic E-state index is 11.7. The number of aromatic nitrogens is 3. The summed E-state index contributed by atoms with van der Waals surface area (Å²) in [5.74, 6) is -1.12. The van der Waals surface area contributed by atoms with Crippen LogP contribution in [0.4, 0.5) is 4.79 Å². The van der Waals surface area contributed by atoms with Crippen molar-refractivity contribution in [3.63, 3.8) is 0 Å². The van der Waals surface area contributed by atoms with E-state index >= 15 is 0 Å². The number of carbonyl (C=O) groups is 2. The van der Waals surface area contributed by atoms with E-state index in [1.807, 2.05) is 13.8 Å². The van der Waals surface area contributed by atoms with E-state index in [0.29, 0.717) is 13.1 Å². The fourth-order valence-corrected chi connectivity index (χ4v) is 1.38. The van der Waals surface area contributed by atoms with Crippen molar-refractivity contribution in [3.05, 3.63) is 11.9 Å². The van der Waals surface area contributed by atoms with Gasteiger partial charge in [0.2, 0.25) is 0 Å². The predicted molar refractivity (Wildman–Crippen MR) is 67.9 cm³/mol. The Hall–Kier alpha value is -2.12. The molecule has 0 saturated carbocycles. The summed E-state index contributed by atoms with van der Waals surface area (Å²) in [6.45, 7) is 4.72. The van der Waals surface area contributed by atoms with Crippen LogP contribution in [0.5, 0.6) is 0 Å². The first-order chi connectivity index (χ1) is 8.95. The van der Waals surface area contributed by atoms with Crippen LogP contribution >= 0.6 is 0 Å². The molecule has 0 bridgehead atoms. The lowest BCUT2D eigenvalue weighted by atomic mass is 10.2. The first-order valence-electron chi connectivity index (χ1n) is 6.09. The molecule has 0 fully saturated rings. The average Bonchev–Trinajstić information content (AvgIpc) is 2.85. The average molecular weight is 269 g/mol. The molecule has 1 aromatic rings. The zero-order chi connectivity index (χ0) is 14.4. The number of amides is 2. The number of carbonyl (C=O) groups excluding carboxylic acids is 1. The van der Waals surface area contributed by atoms with Crippen molar-refractivity contribution in [1.82, 2.24) is 25.2 Å². The van der Waals surface area contributed by atoms with Gasteiger partial charge in [-0.1, -0.05) is 12.1 Å². The fraction of sp³-hybridized carbons (Fsp3) is 0.636. The molecule has 0 radical (unpaired) electrons. The third-order valence-corrected chi connectivity index (χ3v) is 2.95. The molecule has 0 spiro atoms. The van der Waals surface area contributed by atoms with Crippen LogP contribution in [0.2, 0.25) is 0 Å². The lowest BCUT2D eigenvalue weighted by molar-refractivity contribution is 0.0690. The van der Waals surface area contributed by atoms with Gasteiger partial charge in [0.15, 0.2) is 5.69 Å². The highest BCUT2D eigenvalue weighted by molar-refractivity contribution is 5.84. The van der Waals surface area contributed by atoms with Crippen LogP contribution < -0.4 is 5.32 Å². The third kappa shape index (κ3) is 4.23. The number of urea groups is 1. The Morgan fingerprint density at radius 3 is 2.79 bits per heavy atom. The van der Waals surface area contributed by atoms with Gasteiger partial charge in [-0.3, -0.25) is 0 Å². The number of carboxylic acids is 1. The maximum absolute atomic E-state index is 11.7. The van der Waals surface area contributed by atoms with Crippen LogP contribution in [0.15, 0.2) is 6.20 Å². The van der Waals surface area contributed by atoms with Crippen molar-refractivity contribution in [1.29, 1.82) is 0 Å². The zero-order valence-electron chi connectivity index (χ0n) is 11.3. The molecule has 2 amide bonds. The van der Waals surface area contributed by atoms with Crippen molar-refractivity contribution < 1.29 is 14.7 Å². The summed E-state index contributed by atoms with van der Waals surface area (Å²) in [5, 5.41) is 18.5. The van der Waals surface area contributed by atoms with E-state index < -0.39 is 5.97 Å². The highest BCUT2D eigenvalue weighted by Gasteiger charge is 2.13. The Labute approximate surface area is 111 Å². The number of carboxylic acid groups (broad SMARTS) is 1. The highest BCUT2D eigenvalue weighted by atomic mass is 16.4. The van der Waals surface area contributed by atoms with Gasteiger partial charge in [-0.05, 0) is 13.3 Å². The molecule has 8 heteroatoms. The first kappa shape index (κ1) is 14.9.